The van der Waals surface area contributed by atoms with Crippen LogP contribution in [0.4, 0.5) is 0 Å². The van der Waals surface area contributed by atoms with Gasteiger partial charge >= 0.3 is 0 Å². The summed E-state index contributed by atoms with van der Waals surface area (Å²) in [5.74, 6) is 1.35. The van der Waals surface area contributed by atoms with Gasteiger partial charge in [-0.15, -0.1) is 0 Å². The van der Waals surface area contributed by atoms with Crippen LogP contribution in [-0.2, 0) is 16.1 Å². The van der Waals surface area contributed by atoms with Crippen molar-refractivity contribution in [2.24, 2.45) is 0 Å². The molecule has 32 heavy (non-hydrogen) atoms. The summed E-state index contributed by atoms with van der Waals surface area (Å²) >= 11 is 5.51. The summed E-state index contributed by atoms with van der Waals surface area (Å²) in [7, 11) is 1.59. The Bertz CT molecular complexity index is 1200. The fourth-order valence-corrected chi connectivity index (χ4v) is 4.66. The van der Waals surface area contributed by atoms with Crippen LogP contribution in [0.25, 0.3) is 11.8 Å². The highest BCUT2D eigenvalue weighted by Crippen LogP contribution is 2.28. The molecule has 0 N–H and O–H groups in total. The van der Waals surface area contributed by atoms with E-state index >= 15 is 0 Å². The van der Waals surface area contributed by atoms with Gasteiger partial charge in [0.2, 0.25) is 0 Å². The lowest BCUT2D eigenvalue weighted by atomic mass is 10.1. The topological polar surface area (TPSA) is 82.4 Å². The fourth-order valence-electron chi connectivity index (χ4n) is 3.27. The van der Waals surface area contributed by atoms with Crippen LogP contribution >= 0.6 is 32.3 Å². The van der Waals surface area contributed by atoms with Gasteiger partial charge in [-0.05, 0) is 42.8 Å². The summed E-state index contributed by atoms with van der Waals surface area (Å²) in [6.07, 6.45) is 3.36. The molecule has 3 heterocycles. The summed E-state index contributed by atoms with van der Waals surface area (Å²) in [5, 5.41) is 4.73. The Morgan fingerprint density at radius 3 is 2.91 bits per heavy atom. The van der Waals surface area contributed by atoms with Crippen molar-refractivity contribution < 1.29 is 14.3 Å². The monoisotopic (exact) mass is 565 g/mol. The molecule has 1 aliphatic rings. The first kappa shape index (κ1) is 22.4. The molecule has 1 saturated heterocycles. The normalized spacial score (nSPS) is 17.5. The second-order valence-electron chi connectivity index (χ2n) is 7.00. The molecule has 10 heteroatoms. The van der Waals surface area contributed by atoms with Gasteiger partial charge in [0.25, 0.3) is 5.91 Å². The minimum atomic E-state index is -0.486. The number of carbonyl (C=O) groups is 1. The van der Waals surface area contributed by atoms with Crippen molar-refractivity contribution in [2.75, 3.05) is 13.7 Å². The van der Waals surface area contributed by atoms with E-state index in [1.165, 1.54) is 0 Å². The number of amides is 1. The first-order valence-corrected chi connectivity index (χ1v) is 12.8. The predicted octanol–water partition coefficient (Wildman–Crippen LogP) is 3.76. The van der Waals surface area contributed by atoms with Crippen LogP contribution < -0.4 is 4.74 Å². The van der Waals surface area contributed by atoms with Gasteiger partial charge < -0.3 is 14.4 Å². The number of rotatable bonds is 6. The van der Waals surface area contributed by atoms with E-state index in [9.17, 15) is 4.79 Å². The number of benzene rings is 1. The number of hydrogen-bond donors (Lipinski definition) is 0. The van der Waals surface area contributed by atoms with Gasteiger partial charge in [0.1, 0.15) is 28.7 Å². The highest BCUT2D eigenvalue weighted by molar-refractivity contribution is 14.2. The van der Waals surface area contributed by atoms with E-state index in [1.807, 2.05) is 37.3 Å². The highest BCUT2D eigenvalue weighted by atomic mass is 127. The zero-order valence-electron chi connectivity index (χ0n) is 17.5. The van der Waals surface area contributed by atoms with Crippen molar-refractivity contribution in [3.8, 4) is 11.4 Å². The van der Waals surface area contributed by atoms with Gasteiger partial charge in [-0.25, -0.2) is 14.6 Å². The van der Waals surface area contributed by atoms with Crippen LogP contribution in [0, 0.1) is 6.92 Å². The number of hydrogen-bond acceptors (Lipinski definition) is 6. The fraction of sp³-hybridized carbons (Fsp3) is 0.227. The largest absolute Gasteiger partial charge is 0.494 e. The maximum atomic E-state index is 13.1. The number of halogens is 2. The van der Waals surface area contributed by atoms with E-state index in [4.69, 9.17) is 21.1 Å². The molecule has 0 spiro atoms. The number of carbonyl (C=O) groups excluding carboxylic acids is 1. The van der Waals surface area contributed by atoms with Gasteiger partial charge in [0.15, 0.2) is 9.87 Å². The molecule has 3 aromatic rings. The van der Waals surface area contributed by atoms with Crippen molar-refractivity contribution in [1.82, 2.24) is 24.6 Å². The van der Waals surface area contributed by atoms with Crippen molar-refractivity contribution >= 4 is 48.8 Å². The quantitative estimate of drug-likeness (QED) is 0.196. The average Bonchev–Trinajstić information content (AvgIpc) is 3.22. The second kappa shape index (κ2) is 9.78. The minimum absolute atomic E-state index is 0.101. The van der Waals surface area contributed by atoms with Crippen LogP contribution in [-0.4, -0.2) is 52.8 Å². The van der Waals surface area contributed by atoms with E-state index in [-0.39, 0.29) is 15.8 Å². The maximum absolute atomic E-state index is 13.1. The molecule has 1 atom stereocenters. The SMILES string of the molecule is C=I[C@H]1CN(Cc2cccc(Cl)n2)C(=O)/C(=C/c2ccc(-n3cnc(C)n3)c(OC)c2)O1. The van der Waals surface area contributed by atoms with E-state index in [2.05, 4.69) is 19.6 Å². The number of morpholine rings is 1. The highest BCUT2D eigenvalue weighted by Gasteiger charge is 2.30. The Balaban J connectivity index is 1.62. The third kappa shape index (κ3) is 4.99. The lowest BCUT2D eigenvalue weighted by Gasteiger charge is -2.32. The number of alkyl halides is 1. The molecule has 1 amide bonds. The number of aryl methyl sites for hydroxylation is 1. The third-order valence-corrected chi connectivity index (χ3v) is 6.61. The molecule has 0 saturated carbocycles. The van der Waals surface area contributed by atoms with Gasteiger partial charge in [-0.2, -0.15) is 5.10 Å². The maximum Gasteiger partial charge on any atom is 0.289 e. The number of methoxy groups -OCH3 is 1. The molecule has 1 aromatic carbocycles. The molecule has 2 aromatic heterocycles. The first-order chi connectivity index (χ1) is 15.5. The van der Waals surface area contributed by atoms with Crippen molar-refractivity contribution in [1.29, 1.82) is 0 Å². The summed E-state index contributed by atoms with van der Waals surface area (Å²) in [5.41, 5.74) is 2.25. The van der Waals surface area contributed by atoms with E-state index < -0.39 is 20.7 Å². The third-order valence-electron chi connectivity index (χ3n) is 4.77. The van der Waals surface area contributed by atoms with Gasteiger partial charge in [0.05, 0.1) is 25.9 Å². The van der Waals surface area contributed by atoms with Crippen molar-refractivity contribution in [3.63, 3.8) is 0 Å². The van der Waals surface area contributed by atoms with Crippen LogP contribution in [0.2, 0.25) is 5.15 Å². The molecule has 166 valence electrons. The summed E-state index contributed by atoms with van der Waals surface area (Å²) in [4.78, 5) is 23.3. The molecule has 0 unspecified atom stereocenters. The molecule has 0 radical (unpaired) electrons. The summed E-state index contributed by atoms with van der Waals surface area (Å²) < 4.78 is 17.1. The number of aromatic nitrogens is 4. The van der Waals surface area contributed by atoms with Gasteiger partial charge in [0, 0.05) is 0 Å². The Morgan fingerprint density at radius 1 is 1.38 bits per heavy atom. The summed E-state index contributed by atoms with van der Waals surface area (Å²) in [6, 6.07) is 11.0. The Kier molecular flexibility index (Phi) is 6.85. The standard InChI is InChI=1S/C22H21ClIN5O3/c1-14-25-13-29(27-14)17-8-7-15(9-18(17)31-3)10-19-22(30)28(12-21(24-2)32-19)11-16-5-4-6-20(23)26-16/h4-10,13,21H,2,11-12H2,1,3H3/b19-10-/t21-/m1/s1. The van der Waals surface area contributed by atoms with Crippen LogP contribution in [0.1, 0.15) is 17.1 Å². The lowest BCUT2D eigenvalue weighted by molar-refractivity contribution is -0.136. The van der Waals surface area contributed by atoms with Crippen molar-refractivity contribution in [3.05, 3.63) is 70.7 Å². The minimum Gasteiger partial charge on any atom is -0.494 e. The smallest absolute Gasteiger partial charge is 0.289 e. The number of pyridine rings is 1. The Hall–Kier alpha value is -2.79. The molecule has 4 rings (SSSR count). The molecule has 0 bridgehead atoms. The van der Waals surface area contributed by atoms with Gasteiger partial charge in [-0.3, -0.25) is 4.79 Å². The van der Waals surface area contributed by atoms with E-state index in [0.717, 1.165) is 16.9 Å². The molecule has 0 aliphatic carbocycles. The Labute approximate surface area is 200 Å². The molecule has 8 nitrogen and oxygen atoms in total. The van der Waals surface area contributed by atoms with Crippen molar-refractivity contribution in [2.45, 2.75) is 17.6 Å². The lowest BCUT2D eigenvalue weighted by Crippen LogP contribution is -2.43. The van der Waals surface area contributed by atoms with Crippen LogP contribution in [0.3, 0.4) is 0 Å². The summed E-state index contributed by atoms with van der Waals surface area (Å²) in [6.45, 7) is 2.66. The molecular formula is C22H21ClIN5O3. The molecular weight excluding hydrogens is 545 g/mol. The average molecular weight is 566 g/mol. The molecule has 1 aliphatic heterocycles. The van der Waals surface area contributed by atoms with E-state index in [1.54, 1.807) is 35.2 Å². The van der Waals surface area contributed by atoms with E-state index in [0.29, 0.717) is 29.8 Å². The number of ether oxygens (including phenoxy) is 2. The zero-order valence-corrected chi connectivity index (χ0v) is 20.4. The Morgan fingerprint density at radius 2 is 2.22 bits per heavy atom. The van der Waals surface area contributed by atoms with Gasteiger partial charge in [-0.1, -0.05) is 49.0 Å². The van der Waals surface area contributed by atoms with Crippen LogP contribution in [0.5, 0.6) is 5.75 Å². The molecule has 1 fully saturated rings. The first-order valence-electron chi connectivity index (χ1n) is 9.69. The number of nitrogens with zero attached hydrogens (tertiary/aromatic N) is 5. The predicted molar refractivity (Wildman–Crippen MR) is 131 cm³/mol. The zero-order chi connectivity index (χ0) is 22.7. The van der Waals surface area contributed by atoms with Crippen LogP contribution in [0.15, 0.2) is 48.5 Å². The second-order valence-corrected chi connectivity index (χ2v) is 9.65.